The topological polar surface area (TPSA) is 46.7 Å². The number of furan rings is 1. The van der Waals surface area contributed by atoms with Crippen LogP contribution < -0.4 is 14.5 Å². The van der Waals surface area contributed by atoms with Crippen molar-refractivity contribution in [2.24, 2.45) is 0 Å². The van der Waals surface area contributed by atoms with Gasteiger partial charge in [0.15, 0.2) is 0 Å². The Morgan fingerprint density at radius 3 is 2.10 bits per heavy atom. The van der Waals surface area contributed by atoms with Gasteiger partial charge in [0.05, 0.1) is 10.9 Å². The van der Waals surface area contributed by atoms with Crippen molar-refractivity contribution < 1.29 is 30.2 Å². The number of ether oxygens (including phenoxy) is 1. The first-order valence-electron chi connectivity index (χ1n) is 21.2. The predicted molar refractivity (Wildman–Crippen MR) is 254 cm³/mol. The Kier molecular flexibility index (Phi) is 9.84. The first-order chi connectivity index (χ1) is 30.0. The SMILES string of the molecule is CC(C)(C)c1ccc(-c2ccnc(-n3c4[c-]c(Oc5[c-]c(N6[CH-]N(c7ccccc7C(C)(C)C)c7ccccc76)ccc5)ccc4c4oc5ccc6ccccc6c5c43)c2)cc1.[Pt]. The molecular weight excluding hydrogens is 956 g/mol. The van der Waals surface area contributed by atoms with Crippen molar-refractivity contribution in [3.63, 3.8) is 0 Å². The molecule has 314 valence electrons. The fourth-order valence-electron chi connectivity index (χ4n) is 8.92. The molecule has 0 unspecified atom stereocenters. The zero-order valence-electron chi connectivity index (χ0n) is 36.0. The van der Waals surface area contributed by atoms with Gasteiger partial charge in [-0.2, -0.15) is 12.1 Å². The molecule has 1 aliphatic rings. The van der Waals surface area contributed by atoms with Crippen molar-refractivity contribution in [3.8, 4) is 28.4 Å². The van der Waals surface area contributed by atoms with E-state index in [9.17, 15) is 0 Å². The minimum atomic E-state index is -0.0369. The van der Waals surface area contributed by atoms with Gasteiger partial charge in [0.25, 0.3) is 0 Å². The summed E-state index contributed by atoms with van der Waals surface area (Å²) in [7, 11) is 0. The Bertz CT molecular complexity index is 3350. The molecule has 0 bridgehead atoms. The molecule has 1 aliphatic heterocycles. The van der Waals surface area contributed by atoms with Crippen molar-refractivity contribution in [2.45, 2.75) is 52.4 Å². The number of rotatable bonds is 6. The zero-order valence-corrected chi connectivity index (χ0v) is 38.3. The molecule has 0 saturated heterocycles. The fourth-order valence-corrected chi connectivity index (χ4v) is 8.92. The van der Waals surface area contributed by atoms with Crippen LogP contribution in [0.2, 0.25) is 0 Å². The second-order valence-electron chi connectivity index (χ2n) is 18.2. The standard InChI is InChI=1S/C56H45N4O2.Pt/c1-55(2,3)39-25-22-36(23-26-39)38-30-31-57-51(32-38)60-49-34-42(27-28-44(49)54-53(60)52-43-17-8-7-14-37(43)24-29-50(52)62-54)61-41-16-13-15-40(33-41)58-35-59(48-21-12-11-20-47(48)58)46-19-10-9-18-45(46)56(4,5)6;/h7-32,35H,1-6H3;/q-3;. The Morgan fingerprint density at radius 2 is 1.32 bits per heavy atom. The summed E-state index contributed by atoms with van der Waals surface area (Å²) in [5, 5.41) is 4.22. The number of anilines is 4. The summed E-state index contributed by atoms with van der Waals surface area (Å²) in [4.78, 5) is 9.46. The minimum Gasteiger partial charge on any atom is -0.509 e. The van der Waals surface area contributed by atoms with Crippen molar-refractivity contribution in [3.05, 3.63) is 188 Å². The summed E-state index contributed by atoms with van der Waals surface area (Å²) >= 11 is 0. The smallest absolute Gasteiger partial charge is 0.136 e. The van der Waals surface area contributed by atoms with E-state index in [1.165, 1.54) is 11.1 Å². The summed E-state index contributed by atoms with van der Waals surface area (Å²) in [6.45, 7) is 15.6. The van der Waals surface area contributed by atoms with Gasteiger partial charge in [-0.05, 0) is 80.3 Å². The number of benzene rings is 7. The summed E-state index contributed by atoms with van der Waals surface area (Å²) in [5.41, 5.74) is 12.3. The second kappa shape index (κ2) is 15.3. The fraction of sp³-hybridized carbons (Fsp3) is 0.143. The summed E-state index contributed by atoms with van der Waals surface area (Å²) in [5.74, 6) is 1.90. The van der Waals surface area contributed by atoms with Crippen LogP contribution in [-0.4, -0.2) is 9.55 Å². The van der Waals surface area contributed by atoms with Crippen molar-refractivity contribution >= 4 is 66.5 Å². The molecule has 0 fully saturated rings. The van der Waals surface area contributed by atoms with Crippen LogP contribution in [0.3, 0.4) is 0 Å². The van der Waals surface area contributed by atoms with Gasteiger partial charge in [-0.15, -0.1) is 42.7 Å². The monoisotopic (exact) mass is 1000 g/mol. The normalized spacial score (nSPS) is 13.0. The molecule has 0 radical (unpaired) electrons. The zero-order chi connectivity index (χ0) is 42.3. The van der Waals surface area contributed by atoms with Crippen molar-refractivity contribution in [1.82, 2.24) is 9.55 Å². The number of hydrogen-bond acceptors (Lipinski definition) is 5. The molecule has 0 amide bonds. The quantitative estimate of drug-likeness (QED) is 0.155. The van der Waals surface area contributed by atoms with Gasteiger partial charge in [-0.1, -0.05) is 137 Å². The number of para-hydroxylation sites is 3. The summed E-state index contributed by atoms with van der Waals surface area (Å²) in [6.07, 6.45) is 1.89. The van der Waals surface area contributed by atoms with E-state index in [-0.39, 0.29) is 31.9 Å². The molecule has 11 rings (SSSR count). The molecule has 63 heavy (non-hydrogen) atoms. The van der Waals surface area contributed by atoms with Gasteiger partial charge in [0, 0.05) is 55.8 Å². The molecule has 7 heteroatoms. The van der Waals surface area contributed by atoms with Crippen LogP contribution in [0.5, 0.6) is 11.5 Å². The Morgan fingerprint density at radius 1 is 0.603 bits per heavy atom. The average molecular weight is 1000 g/mol. The van der Waals surface area contributed by atoms with Gasteiger partial charge in [-0.3, -0.25) is 0 Å². The second-order valence-corrected chi connectivity index (χ2v) is 18.2. The molecule has 7 aromatic carbocycles. The van der Waals surface area contributed by atoms with E-state index in [4.69, 9.17) is 14.1 Å². The average Bonchev–Trinajstić information content (AvgIpc) is 3.95. The molecule has 6 nitrogen and oxygen atoms in total. The number of nitrogens with zero attached hydrogens (tertiary/aromatic N) is 4. The Hall–Kier alpha value is -6.62. The third-order valence-electron chi connectivity index (χ3n) is 12.0. The third-order valence-corrected chi connectivity index (χ3v) is 12.0. The summed E-state index contributed by atoms with van der Waals surface area (Å²) in [6, 6.07) is 60.1. The predicted octanol–water partition coefficient (Wildman–Crippen LogP) is 15.1. The number of aromatic nitrogens is 2. The maximum absolute atomic E-state index is 6.73. The maximum atomic E-state index is 6.73. The van der Waals surface area contributed by atoms with Gasteiger partial charge >= 0.3 is 0 Å². The first-order valence-corrected chi connectivity index (χ1v) is 21.2. The molecule has 0 saturated carbocycles. The summed E-state index contributed by atoms with van der Waals surface area (Å²) < 4.78 is 15.6. The van der Waals surface area contributed by atoms with E-state index in [0.29, 0.717) is 11.5 Å². The van der Waals surface area contributed by atoms with Gasteiger partial charge in [0.2, 0.25) is 0 Å². The van der Waals surface area contributed by atoms with Crippen LogP contribution >= 0.6 is 0 Å². The van der Waals surface area contributed by atoms with E-state index >= 15 is 0 Å². The molecular formula is C56H45N4O2Pt-3. The minimum absolute atomic E-state index is 0. The van der Waals surface area contributed by atoms with Crippen LogP contribution in [0, 0.1) is 18.8 Å². The van der Waals surface area contributed by atoms with Crippen molar-refractivity contribution in [1.29, 1.82) is 0 Å². The largest absolute Gasteiger partial charge is 0.509 e. The van der Waals surface area contributed by atoms with E-state index in [1.54, 1.807) is 0 Å². The molecule has 0 spiro atoms. The molecule has 0 aliphatic carbocycles. The van der Waals surface area contributed by atoms with E-state index in [1.807, 2.05) is 24.4 Å². The van der Waals surface area contributed by atoms with Gasteiger partial charge < -0.3 is 23.5 Å². The van der Waals surface area contributed by atoms with E-state index < -0.39 is 0 Å². The van der Waals surface area contributed by atoms with Crippen LogP contribution in [0.25, 0.3) is 60.7 Å². The van der Waals surface area contributed by atoms with Crippen LogP contribution in [0.1, 0.15) is 52.7 Å². The third kappa shape index (κ3) is 6.98. The maximum Gasteiger partial charge on any atom is 0.136 e. The Labute approximate surface area is 382 Å². The Balaban J connectivity index is 0.00000471. The number of hydrogen-bond donors (Lipinski definition) is 0. The van der Waals surface area contributed by atoms with Crippen LogP contribution in [0.15, 0.2) is 162 Å². The van der Waals surface area contributed by atoms with Gasteiger partial charge in [0.1, 0.15) is 17.0 Å². The molecule has 3 aromatic heterocycles. The van der Waals surface area contributed by atoms with Crippen LogP contribution in [0.4, 0.5) is 22.7 Å². The van der Waals surface area contributed by atoms with E-state index in [2.05, 4.69) is 208 Å². The van der Waals surface area contributed by atoms with Crippen molar-refractivity contribution in [2.75, 3.05) is 9.80 Å². The molecule has 4 heterocycles. The molecule has 0 atom stereocenters. The molecule has 10 aromatic rings. The van der Waals surface area contributed by atoms with E-state index in [0.717, 1.165) is 83.4 Å². The number of fused-ring (bicyclic) bond motifs is 8. The molecule has 0 N–H and O–H groups in total. The first kappa shape index (κ1) is 40.5. The van der Waals surface area contributed by atoms with Gasteiger partial charge in [-0.25, -0.2) is 4.98 Å². The van der Waals surface area contributed by atoms with Crippen LogP contribution in [-0.2, 0) is 31.9 Å². The number of pyridine rings is 1.